The van der Waals surface area contributed by atoms with Crippen molar-refractivity contribution < 1.29 is 13.2 Å². The Kier molecular flexibility index (Phi) is 4.24. The van der Waals surface area contributed by atoms with Gasteiger partial charge in [0.25, 0.3) is 0 Å². The summed E-state index contributed by atoms with van der Waals surface area (Å²) >= 11 is 0. The van der Waals surface area contributed by atoms with E-state index in [9.17, 15) is 13.2 Å². The van der Waals surface area contributed by atoms with Crippen LogP contribution >= 0.6 is 0 Å². The molecule has 0 fully saturated rings. The average molecular weight is 370 g/mol. The molecule has 4 rings (SSSR count). The molecule has 0 unspecified atom stereocenters. The van der Waals surface area contributed by atoms with Crippen molar-refractivity contribution in [3.05, 3.63) is 72.2 Å². The van der Waals surface area contributed by atoms with Crippen LogP contribution in [-0.4, -0.2) is 21.3 Å². The summed E-state index contributed by atoms with van der Waals surface area (Å²) in [4.78, 5) is 3.22. The lowest BCUT2D eigenvalue weighted by Crippen LogP contribution is -2.06. The Morgan fingerprint density at radius 2 is 1.93 bits per heavy atom. The fourth-order valence-electron chi connectivity index (χ4n) is 3.16. The highest BCUT2D eigenvalue weighted by Gasteiger charge is 2.30. The number of rotatable bonds is 4. The van der Waals surface area contributed by atoms with Gasteiger partial charge in [0.1, 0.15) is 0 Å². The van der Waals surface area contributed by atoms with E-state index in [2.05, 4.69) is 10.1 Å². The van der Waals surface area contributed by atoms with Crippen molar-refractivity contribution in [2.24, 2.45) is 5.73 Å². The number of alkyl halides is 3. The second kappa shape index (κ2) is 6.59. The zero-order valence-electron chi connectivity index (χ0n) is 14.3. The van der Waals surface area contributed by atoms with Crippen LogP contribution in [0, 0.1) is 0 Å². The summed E-state index contributed by atoms with van der Waals surface area (Å²) in [5, 5.41) is 5.32. The fourth-order valence-corrected chi connectivity index (χ4v) is 3.16. The lowest BCUT2D eigenvalue weighted by atomic mass is 10.0. The molecule has 0 saturated carbocycles. The van der Waals surface area contributed by atoms with E-state index in [4.69, 9.17) is 5.73 Å². The number of hydrogen-bond donors (Lipinski definition) is 2. The van der Waals surface area contributed by atoms with Gasteiger partial charge < -0.3 is 10.7 Å². The van der Waals surface area contributed by atoms with Crippen LogP contribution in [0.25, 0.3) is 27.7 Å². The summed E-state index contributed by atoms with van der Waals surface area (Å²) in [6.07, 6.45) is 1.72. The SMILES string of the molecule is NCCc1c[nH]c2ccc(-c3cnn(-c4cccc(C(F)(F)F)c4)c3)cc12. The van der Waals surface area contributed by atoms with E-state index < -0.39 is 11.7 Å². The molecule has 4 aromatic rings. The Morgan fingerprint density at radius 1 is 1.07 bits per heavy atom. The monoisotopic (exact) mass is 370 g/mol. The summed E-state index contributed by atoms with van der Waals surface area (Å²) < 4.78 is 40.2. The summed E-state index contributed by atoms with van der Waals surface area (Å²) in [6, 6.07) is 11.1. The minimum Gasteiger partial charge on any atom is -0.361 e. The lowest BCUT2D eigenvalue weighted by Gasteiger charge is -2.08. The number of nitrogens with one attached hydrogen (secondary N) is 1. The molecule has 0 amide bonds. The largest absolute Gasteiger partial charge is 0.416 e. The van der Waals surface area contributed by atoms with E-state index in [0.29, 0.717) is 12.2 Å². The highest BCUT2D eigenvalue weighted by atomic mass is 19.4. The van der Waals surface area contributed by atoms with Gasteiger partial charge in [0, 0.05) is 28.9 Å². The van der Waals surface area contributed by atoms with Crippen LogP contribution in [0.1, 0.15) is 11.1 Å². The maximum absolute atomic E-state index is 12.9. The molecule has 0 radical (unpaired) electrons. The van der Waals surface area contributed by atoms with Crippen LogP contribution in [0.4, 0.5) is 13.2 Å². The van der Waals surface area contributed by atoms with Gasteiger partial charge in [-0.25, -0.2) is 4.68 Å². The molecule has 0 aliphatic heterocycles. The average Bonchev–Trinajstić information content (AvgIpc) is 3.29. The smallest absolute Gasteiger partial charge is 0.361 e. The van der Waals surface area contributed by atoms with Crippen LogP contribution in [0.15, 0.2) is 61.1 Å². The normalized spacial score (nSPS) is 12.0. The standard InChI is InChI=1S/C20H17F3N4/c21-20(22,23)16-2-1-3-17(9-16)27-12-15(11-26-27)13-4-5-19-18(8-13)14(6-7-24)10-25-19/h1-5,8-12,25H,6-7,24H2. The van der Waals surface area contributed by atoms with Crippen LogP contribution in [0.5, 0.6) is 0 Å². The number of fused-ring (bicyclic) bond motifs is 1. The minimum absolute atomic E-state index is 0.364. The molecule has 0 saturated heterocycles. The second-order valence-corrected chi connectivity index (χ2v) is 6.33. The first-order chi connectivity index (χ1) is 13.0. The molecule has 0 atom stereocenters. The first kappa shape index (κ1) is 17.4. The summed E-state index contributed by atoms with van der Waals surface area (Å²) in [5.41, 5.74) is 9.26. The third-order valence-corrected chi connectivity index (χ3v) is 4.54. The van der Waals surface area contributed by atoms with Crippen molar-refractivity contribution in [2.45, 2.75) is 12.6 Å². The minimum atomic E-state index is -4.38. The number of benzene rings is 2. The zero-order chi connectivity index (χ0) is 19.0. The van der Waals surface area contributed by atoms with Crippen LogP contribution in [-0.2, 0) is 12.6 Å². The third kappa shape index (κ3) is 3.33. The van der Waals surface area contributed by atoms with E-state index in [1.807, 2.05) is 24.4 Å². The maximum atomic E-state index is 12.9. The van der Waals surface area contributed by atoms with Crippen molar-refractivity contribution in [3.63, 3.8) is 0 Å². The molecule has 2 aromatic carbocycles. The van der Waals surface area contributed by atoms with Crippen molar-refractivity contribution in [1.82, 2.24) is 14.8 Å². The van der Waals surface area contributed by atoms with E-state index in [1.54, 1.807) is 18.5 Å². The fraction of sp³-hybridized carbons (Fsp3) is 0.150. The predicted octanol–water partition coefficient (Wildman–Crippen LogP) is 4.54. The molecular formula is C20H17F3N4. The molecule has 0 spiro atoms. The van der Waals surface area contributed by atoms with Crippen molar-refractivity contribution in [3.8, 4) is 16.8 Å². The van der Waals surface area contributed by atoms with Gasteiger partial charge in [-0.3, -0.25) is 0 Å². The number of nitrogens with two attached hydrogens (primary N) is 1. The van der Waals surface area contributed by atoms with Gasteiger partial charge in [0.2, 0.25) is 0 Å². The van der Waals surface area contributed by atoms with Crippen LogP contribution in [0.3, 0.4) is 0 Å². The van der Waals surface area contributed by atoms with Crippen LogP contribution < -0.4 is 5.73 Å². The summed E-state index contributed by atoms with van der Waals surface area (Å²) in [5.74, 6) is 0. The van der Waals surface area contributed by atoms with Crippen molar-refractivity contribution in [2.75, 3.05) is 6.54 Å². The van der Waals surface area contributed by atoms with E-state index in [-0.39, 0.29) is 0 Å². The highest BCUT2D eigenvalue weighted by Crippen LogP contribution is 2.31. The van der Waals surface area contributed by atoms with Crippen molar-refractivity contribution in [1.29, 1.82) is 0 Å². The Balaban J connectivity index is 1.71. The van der Waals surface area contributed by atoms with E-state index >= 15 is 0 Å². The first-order valence-electron chi connectivity index (χ1n) is 8.48. The molecular weight excluding hydrogens is 353 g/mol. The molecule has 4 nitrogen and oxygen atoms in total. The Morgan fingerprint density at radius 3 is 2.70 bits per heavy atom. The quantitative estimate of drug-likeness (QED) is 0.554. The van der Waals surface area contributed by atoms with Gasteiger partial charge in [-0.1, -0.05) is 12.1 Å². The Labute approximate surface area is 153 Å². The predicted molar refractivity (Wildman–Crippen MR) is 98.6 cm³/mol. The van der Waals surface area contributed by atoms with Gasteiger partial charge in [-0.05, 0) is 54.4 Å². The summed E-state index contributed by atoms with van der Waals surface area (Å²) in [7, 11) is 0. The van der Waals surface area contributed by atoms with Gasteiger partial charge in [-0.2, -0.15) is 18.3 Å². The molecule has 0 bridgehead atoms. The number of halogens is 3. The second-order valence-electron chi connectivity index (χ2n) is 6.33. The number of nitrogens with zero attached hydrogens (tertiary/aromatic N) is 2. The zero-order valence-corrected chi connectivity index (χ0v) is 14.3. The Bertz CT molecular complexity index is 1090. The van der Waals surface area contributed by atoms with Crippen molar-refractivity contribution >= 4 is 10.9 Å². The molecule has 7 heteroatoms. The van der Waals surface area contributed by atoms with Gasteiger partial charge in [0.05, 0.1) is 17.4 Å². The number of H-pyrrole nitrogens is 1. The maximum Gasteiger partial charge on any atom is 0.416 e. The topological polar surface area (TPSA) is 59.6 Å². The number of aromatic nitrogens is 3. The third-order valence-electron chi connectivity index (χ3n) is 4.54. The Hall–Kier alpha value is -3.06. The van der Waals surface area contributed by atoms with Crippen LogP contribution in [0.2, 0.25) is 0 Å². The molecule has 0 aliphatic carbocycles. The van der Waals surface area contributed by atoms with E-state index in [1.165, 1.54) is 10.7 Å². The first-order valence-corrected chi connectivity index (χ1v) is 8.48. The molecule has 2 aromatic heterocycles. The molecule has 138 valence electrons. The van der Waals surface area contributed by atoms with Gasteiger partial charge in [0.15, 0.2) is 0 Å². The lowest BCUT2D eigenvalue weighted by molar-refractivity contribution is -0.137. The molecule has 2 heterocycles. The molecule has 0 aliphatic rings. The number of aromatic amines is 1. The highest BCUT2D eigenvalue weighted by molar-refractivity contribution is 5.88. The van der Waals surface area contributed by atoms with Gasteiger partial charge in [-0.15, -0.1) is 0 Å². The van der Waals surface area contributed by atoms with E-state index in [0.717, 1.165) is 46.1 Å². The van der Waals surface area contributed by atoms with Gasteiger partial charge >= 0.3 is 6.18 Å². The number of hydrogen-bond acceptors (Lipinski definition) is 2. The molecule has 27 heavy (non-hydrogen) atoms. The molecule has 3 N–H and O–H groups in total. The summed E-state index contributed by atoms with van der Waals surface area (Å²) in [6.45, 7) is 0.560.